The van der Waals surface area contributed by atoms with Gasteiger partial charge in [-0.2, -0.15) is 13.2 Å². The number of urea groups is 2. The zero-order valence-electron chi connectivity index (χ0n) is 32.9. The molecule has 4 aromatic rings. The van der Waals surface area contributed by atoms with Gasteiger partial charge in [0.15, 0.2) is 0 Å². The maximum Gasteiger partial charge on any atom is 0.451 e. The van der Waals surface area contributed by atoms with Crippen LogP contribution in [-0.2, 0) is 49.8 Å². The fourth-order valence-corrected chi connectivity index (χ4v) is 6.26. The van der Waals surface area contributed by atoms with Crippen LogP contribution in [0.3, 0.4) is 0 Å². The number of halogens is 3. The van der Waals surface area contributed by atoms with Crippen LogP contribution >= 0.6 is 0 Å². The van der Waals surface area contributed by atoms with Crippen molar-refractivity contribution < 1.29 is 46.6 Å². The number of morpholine rings is 2. The van der Waals surface area contributed by atoms with Gasteiger partial charge in [0.25, 0.3) is 5.78 Å². The van der Waals surface area contributed by atoms with E-state index in [-0.39, 0.29) is 30.8 Å². The standard InChI is InChI=1S/C23H24F3N3O4.C20H24N4O3/c24-23(25,26)20(30)15-27-21(31)14-17-6-8-18(9-7-17)16-29(19-4-2-1-3-5-19)22(32)28-10-12-33-13-11-28;21-22-19(25)14-16-6-8-17(9-7-16)15-24(18-4-2-1-3-5-18)20(26)23-10-12-27-13-11-23/h1-9H,10-16H2,(H,27,31);1-9H,10-15,21H2,(H,22,25). The molecule has 0 aromatic heterocycles. The van der Waals surface area contributed by atoms with E-state index in [4.69, 9.17) is 15.3 Å². The Labute approximate surface area is 346 Å². The lowest BCUT2D eigenvalue weighted by atomic mass is 10.1. The minimum absolute atomic E-state index is 0.0314. The van der Waals surface area contributed by atoms with Crippen molar-refractivity contribution in [1.29, 1.82) is 0 Å². The number of ketones is 1. The molecule has 0 radical (unpaired) electrons. The van der Waals surface area contributed by atoms with Gasteiger partial charge in [0, 0.05) is 37.6 Å². The van der Waals surface area contributed by atoms with Crippen LogP contribution in [0.5, 0.6) is 0 Å². The molecular weight excluding hydrogens is 784 g/mol. The highest BCUT2D eigenvalue weighted by Gasteiger charge is 2.38. The predicted molar refractivity (Wildman–Crippen MR) is 218 cm³/mol. The number of carbonyl (C=O) groups excluding carboxylic acids is 5. The maximum atomic E-state index is 13.1. The molecule has 0 bridgehead atoms. The predicted octanol–water partition coefficient (Wildman–Crippen LogP) is 4.61. The molecule has 17 heteroatoms. The third kappa shape index (κ3) is 13.6. The molecule has 14 nitrogen and oxygen atoms in total. The highest BCUT2D eigenvalue weighted by molar-refractivity contribution is 5.93. The number of alkyl halides is 3. The van der Waals surface area contributed by atoms with Gasteiger partial charge in [-0.1, -0.05) is 84.9 Å². The molecule has 4 aromatic carbocycles. The molecule has 2 saturated heterocycles. The van der Waals surface area contributed by atoms with Crippen LogP contribution in [0, 0.1) is 0 Å². The lowest BCUT2D eigenvalue weighted by Crippen LogP contribution is -2.48. The summed E-state index contributed by atoms with van der Waals surface area (Å²) in [6.45, 7) is 3.95. The summed E-state index contributed by atoms with van der Waals surface area (Å²) in [4.78, 5) is 67.3. The van der Waals surface area contributed by atoms with Gasteiger partial charge in [-0.15, -0.1) is 0 Å². The second kappa shape index (κ2) is 22.2. The van der Waals surface area contributed by atoms with Crippen LogP contribution < -0.4 is 26.4 Å². The number of para-hydroxylation sites is 2. The molecule has 2 aliphatic heterocycles. The summed E-state index contributed by atoms with van der Waals surface area (Å²) in [7, 11) is 0. The summed E-state index contributed by atoms with van der Waals surface area (Å²) in [5, 5.41) is 1.98. The number of carbonyl (C=O) groups is 5. The van der Waals surface area contributed by atoms with Crippen molar-refractivity contribution in [2.45, 2.75) is 32.1 Å². The largest absolute Gasteiger partial charge is 0.451 e. The molecule has 60 heavy (non-hydrogen) atoms. The van der Waals surface area contributed by atoms with Gasteiger partial charge >= 0.3 is 18.2 Å². The summed E-state index contributed by atoms with van der Waals surface area (Å²) in [6, 6.07) is 33.2. The molecule has 0 saturated carbocycles. The Morgan fingerprint density at radius 3 is 1.30 bits per heavy atom. The van der Waals surface area contributed by atoms with Gasteiger partial charge in [-0.3, -0.25) is 29.6 Å². The summed E-state index contributed by atoms with van der Waals surface area (Å²) in [5.41, 5.74) is 6.95. The molecular formula is C43H48F3N7O7. The van der Waals surface area contributed by atoms with E-state index in [0.717, 1.165) is 28.1 Å². The second-order valence-corrected chi connectivity index (χ2v) is 13.9. The molecule has 6 rings (SSSR count). The normalized spacial score (nSPS) is 13.9. The number of nitrogens with zero attached hydrogens (tertiary/aromatic N) is 4. The number of nitrogens with one attached hydrogen (secondary N) is 2. The quantitative estimate of drug-likeness (QED) is 0.106. The number of hydrazine groups is 1. The number of benzene rings is 4. The molecule has 6 amide bonds. The summed E-state index contributed by atoms with van der Waals surface area (Å²) in [6.07, 6.45) is -4.91. The monoisotopic (exact) mass is 831 g/mol. The Kier molecular flexibility index (Phi) is 16.6. The van der Waals surface area contributed by atoms with Crippen molar-refractivity contribution in [2.75, 3.05) is 69.0 Å². The number of anilines is 2. The Bertz CT molecular complexity index is 2010. The first kappa shape index (κ1) is 44.8. The number of ether oxygens (including phenoxy) is 2. The van der Waals surface area contributed by atoms with Crippen molar-refractivity contribution in [1.82, 2.24) is 20.5 Å². The smallest absolute Gasteiger partial charge is 0.378 e. The average molecular weight is 832 g/mol. The van der Waals surface area contributed by atoms with Crippen LogP contribution in [-0.4, -0.2) is 105 Å². The topological polar surface area (TPSA) is 167 Å². The molecule has 2 aliphatic rings. The average Bonchev–Trinajstić information content (AvgIpc) is 3.28. The zero-order valence-corrected chi connectivity index (χ0v) is 32.9. The first-order chi connectivity index (χ1) is 28.9. The van der Waals surface area contributed by atoms with E-state index in [1.165, 1.54) is 0 Å². The molecule has 0 unspecified atom stereocenters. The van der Waals surface area contributed by atoms with E-state index in [1.807, 2.05) is 95.1 Å². The fourth-order valence-electron chi connectivity index (χ4n) is 6.26. The number of hydrogen-bond acceptors (Lipinski definition) is 8. The van der Waals surface area contributed by atoms with Gasteiger partial charge in [-0.25, -0.2) is 15.4 Å². The van der Waals surface area contributed by atoms with Gasteiger partial charge in [0.1, 0.15) is 0 Å². The Balaban J connectivity index is 0.000000232. The molecule has 4 N–H and O–H groups in total. The first-order valence-corrected chi connectivity index (χ1v) is 19.3. The van der Waals surface area contributed by atoms with Crippen LogP contribution in [0.4, 0.5) is 34.1 Å². The number of Topliss-reactive ketones (excluding diaryl/α,β-unsaturated/α-hetero) is 1. The van der Waals surface area contributed by atoms with E-state index in [1.54, 1.807) is 39.0 Å². The first-order valence-electron chi connectivity index (χ1n) is 19.3. The van der Waals surface area contributed by atoms with E-state index < -0.39 is 24.4 Å². The lowest BCUT2D eigenvalue weighted by Gasteiger charge is -2.33. The van der Waals surface area contributed by atoms with E-state index in [2.05, 4.69) is 5.43 Å². The minimum Gasteiger partial charge on any atom is -0.378 e. The highest BCUT2D eigenvalue weighted by atomic mass is 19.4. The molecule has 2 fully saturated rings. The molecule has 0 spiro atoms. The zero-order chi connectivity index (χ0) is 42.9. The van der Waals surface area contributed by atoms with Crippen LogP contribution in [0.1, 0.15) is 22.3 Å². The van der Waals surface area contributed by atoms with Crippen LogP contribution in [0.15, 0.2) is 109 Å². The molecule has 2 heterocycles. The second-order valence-electron chi connectivity index (χ2n) is 13.9. The van der Waals surface area contributed by atoms with Gasteiger partial charge in [0.05, 0.1) is 58.9 Å². The number of rotatable bonds is 12. The van der Waals surface area contributed by atoms with Crippen molar-refractivity contribution in [3.05, 3.63) is 131 Å². The molecule has 0 aliphatic carbocycles. The number of hydrogen-bond donors (Lipinski definition) is 3. The van der Waals surface area contributed by atoms with Gasteiger partial charge < -0.3 is 24.6 Å². The SMILES string of the molecule is NNC(=O)Cc1ccc(CN(C(=O)N2CCOCC2)c2ccccc2)cc1.O=C(Cc1ccc(CN(C(=O)N2CCOCC2)c2ccccc2)cc1)NCC(=O)C(F)(F)F. The number of amides is 6. The minimum atomic E-state index is -4.97. The molecule has 318 valence electrons. The Hall–Kier alpha value is -6.30. The third-order valence-corrected chi connectivity index (χ3v) is 9.54. The summed E-state index contributed by atoms with van der Waals surface area (Å²) in [5.74, 6) is 2.20. The van der Waals surface area contributed by atoms with Crippen molar-refractivity contribution >= 4 is 41.0 Å². The summed E-state index contributed by atoms with van der Waals surface area (Å²) >= 11 is 0. The highest BCUT2D eigenvalue weighted by Crippen LogP contribution is 2.22. The van der Waals surface area contributed by atoms with E-state index in [0.29, 0.717) is 71.3 Å². The van der Waals surface area contributed by atoms with Gasteiger partial charge in [0.2, 0.25) is 11.8 Å². The van der Waals surface area contributed by atoms with E-state index >= 15 is 0 Å². The maximum absolute atomic E-state index is 13.1. The van der Waals surface area contributed by atoms with Gasteiger partial charge in [-0.05, 0) is 46.5 Å². The van der Waals surface area contributed by atoms with E-state index in [9.17, 15) is 37.1 Å². The Morgan fingerprint density at radius 1 is 0.567 bits per heavy atom. The van der Waals surface area contributed by atoms with Crippen molar-refractivity contribution in [3.63, 3.8) is 0 Å². The Morgan fingerprint density at radius 2 is 0.933 bits per heavy atom. The number of nitrogens with two attached hydrogens (primary N) is 1. The molecule has 0 atom stereocenters. The van der Waals surface area contributed by atoms with Crippen molar-refractivity contribution in [2.24, 2.45) is 5.84 Å². The summed E-state index contributed by atoms with van der Waals surface area (Å²) < 4.78 is 47.4. The third-order valence-electron chi connectivity index (χ3n) is 9.54. The lowest BCUT2D eigenvalue weighted by molar-refractivity contribution is -0.170. The van der Waals surface area contributed by atoms with Crippen molar-refractivity contribution in [3.8, 4) is 0 Å². The van der Waals surface area contributed by atoms with Crippen LogP contribution in [0.25, 0.3) is 0 Å². The fraction of sp³-hybridized carbons (Fsp3) is 0.326. The van der Waals surface area contributed by atoms with Crippen LogP contribution in [0.2, 0.25) is 0 Å².